The minimum atomic E-state index is -0.0213. The van der Waals surface area contributed by atoms with E-state index in [1.807, 2.05) is 6.92 Å². The number of likely N-dealkylation sites (N-methyl/N-ethyl adjacent to an activating group) is 1. The fraction of sp³-hybridized carbons (Fsp3) is 0.867. The second kappa shape index (κ2) is 7.62. The van der Waals surface area contributed by atoms with Crippen LogP contribution in [0.15, 0.2) is 0 Å². The lowest BCUT2D eigenvalue weighted by molar-refractivity contribution is -0.144. The van der Waals surface area contributed by atoms with Gasteiger partial charge in [-0.25, -0.2) is 0 Å². The lowest BCUT2D eigenvalue weighted by Gasteiger charge is -2.35. The zero-order valence-electron chi connectivity index (χ0n) is 13.3. The van der Waals surface area contributed by atoms with Crippen LogP contribution in [0.4, 0.5) is 0 Å². The highest BCUT2D eigenvalue weighted by Gasteiger charge is 2.34. The van der Waals surface area contributed by atoms with Crippen LogP contribution in [0.1, 0.15) is 39.5 Å². The van der Waals surface area contributed by atoms with E-state index in [1.165, 1.54) is 4.90 Å². The molecule has 2 amide bonds. The van der Waals surface area contributed by atoms with Crippen LogP contribution in [0, 0.1) is 11.8 Å². The third-order valence-corrected chi connectivity index (χ3v) is 4.16. The Labute approximate surface area is 122 Å². The van der Waals surface area contributed by atoms with Crippen LogP contribution in [0.25, 0.3) is 0 Å². The van der Waals surface area contributed by atoms with Gasteiger partial charge in [0.15, 0.2) is 0 Å². The summed E-state index contributed by atoms with van der Waals surface area (Å²) in [5.74, 6) is 0.435. The Morgan fingerprint density at radius 3 is 2.40 bits per heavy atom. The third kappa shape index (κ3) is 4.47. The van der Waals surface area contributed by atoms with Gasteiger partial charge in [0.1, 0.15) is 0 Å². The van der Waals surface area contributed by atoms with Crippen LogP contribution in [0.5, 0.6) is 0 Å². The number of nitrogens with zero attached hydrogens (tertiary/aromatic N) is 2. The Balaban J connectivity index is 2.70. The molecular weight excluding hydrogens is 254 g/mol. The normalized spacial score (nSPS) is 26.1. The molecule has 0 aromatic rings. The molecule has 5 nitrogen and oxygen atoms in total. The highest BCUT2D eigenvalue weighted by molar-refractivity contribution is 5.86. The minimum absolute atomic E-state index is 0.0213. The third-order valence-electron chi connectivity index (χ3n) is 4.16. The van der Waals surface area contributed by atoms with Gasteiger partial charge in [-0.3, -0.25) is 9.59 Å². The van der Waals surface area contributed by atoms with Gasteiger partial charge in [-0.15, -0.1) is 0 Å². The Morgan fingerprint density at radius 1 is 1.25 bits per heavy atom. The summed E-state index contributed by atoms with van der Waals surface area (Å²) in [4.78, 5) is 27.8. The molecule has 1 rings (SSSR count). The van der Waals surface area contributed by atoms with Gasteiger partial charge in [0, 0.05) is 32.6 Å². The Bertz CT molecular complexity index is 344. The monoisotopic (exact) mass is 283 g/mol. The summed E-state index contributed by atoms with van der Waals surface area (Å²) in [5.41, 5.74) is 5.96. The molecular formula is C15H29N3O2. The van der Waals surface area contributed by atoms with Crippen LogP contribution < -0.4 is 5.73 Å². The molecule has 1 aliphatic rings. The number of hydrogen-bond donors (Lipinski definition) is 1. The molecule has 5 heteroatoms. The van der Waals surface area contributed by atoms with Crippen molar-refractivity contribution in [1.29, 1.82) is 0 Å². The van der Waals surface area contributed by atoms with E-state index in [0.717, 1.165) is 25.7 Å². The van der Waals surface area contributed by atoms with Gasteiger partial charge in [-0.1, -0.05) is 13.8 Å². The molecule has 2 N–H and O–H groups in total. The van der Waals surface area contributed by atoms with Gasteiger partial charge in [-0.05, 0) is 31.6 Å². The second-order valence-electron chi connectivity index (χ2n) is 6.20. The Hall–Kier alpha value is -1.10. The molecule has 116 valence electrons. The van der Waals surface area contributed by atoms with Crippen molar-refractivity contribution in [2.45, 2.75) is 45.6 Å². The van der Waals surface area contributed by atoms with E-state index in [9.17, 15) is 9.59 Å². The molecule has 0 bridgehead atoms. The summed E-state index contributed by atoms with van der Waals surface area (Å²) in [6.45, 7) is 4.96. The summed E-state index contributed by atoms with van der Waals surface area (Å²) in [6.07, 6.45) is 3.52. The second-order valence-corrected chi connectivity index (χ2v) is 6.20. The molecule has 0 radical (unpaired) electrons. The van der Waals surface area contributed by atoms with Crippen molar-refractivity contribution >= 4 is 11.8 Å². The Kier molecular flexibility index (Phi) is 6.46. The van der Waals surface area contributed by atoms with Gasteiger partial charge in [0.05, 0.1) is 6.54 Å². The number of rotatable bonds is 5. The standard InChI is InChI=1S/C15H29N3O2/c1-5-8-18(10-14(19)17(3)4)15(20)13-7-6-12(16)9-11(13)2/h11-13H,5-10,16H2,1-4H3. The molecule has 0 heterocycles. The van der Waals surface area contributed by atoms with Gasteiger partial charge in [0.2, 0.25) is 11.8 Å². The van der Waals surface area contributed by atoms with Crippen LogP contribution in [-0.2, 0) is 9.59 Å². The molecule has 0 aromatic heterocycles. The van der Waals surface area contributed by atoms with Gasteiger partial charge >= 0.3 is 0 Å². The highest BCUT2D eigenvalue weighted by atomic mass is 16.2. The molecule has 0 aliphatic heterocycles. The average Bonchev–Trinajstić information content (AvgIpc) is 2.37. The van der Waals surface area contributed by atoms with Crippen molar-refractivity contribution in [3.8, 4) is 0 Å². The first-order chi connectivity index (χ1) is 9.36. The SMILES string of the molecule is CCCN(CC(=O)N(C)C)C(=O)C1CCC(N)CC1C. The average molecular weight is 283 g/mol. The van der Waals surface area contributed by atoms with Gasteiger partial charge < -0.3 is 15.5 Å². The molecule has 0 spiro atoms. The predicted molar refractivity (Wildman–Crippen MR) is 80.0 cm³/mol. The van der Waals surface area contributed by atoms with Crippen molar-refractivity contribution in [2.75, 3.05) is 27.2 Å². The topological polar surface area (TPSA) is 66.6 Å². The van der Waals surface area contributed by atoms with Gasteiger partial charge in [0.25, 0.3) is 0 Å². The van der Waals surface area contributed by atoms with E-state index < -0.39 is 0 Å². The summed E-state index contributed by atoms with van der Waals surface area (Å²) < 4.78 is 0. The first-order valence-corrected chi connectivity index (χ1v) is 7.61. The minimum Gasteiger partial charge on any atom is -0.347 e. The fourth-order valence-electron chi connectivity index (χ4n) is 2.88. The molecule has 0 saturated heterocycles. The van der Waals surface area contributed by atoms with Crippen molar-refractivity contribution < 1.29 is 9.59 Å². The van der Waals surface area contributed by atoms with E-state index >= 15 is 0 Å². The molecule has 1 aliphatic carbocycles. The maximum atomic E-state index is 12.7. The summed E-state index contributed by atoms with van der Waals surface area (Å²) in [7, 11) is 3.44. The first kappa shape index (κ1) is 17.0. The van der Waals surface area contributed by atoms with Crippen LogP contribution in [0.3, 0.4) is 0 Å². The summed E-state index contributed by atoms with van der Waals surface area (Å²) >= 11 is 0. The van der Waals surface area contributed by atoms with Crippen molar-refractivity contribution in [3.05, 3.63) is 0 Å². The molecule has 3 atom stereocenters. The number of carbonyl (C=O) groups is 2. The number of amides is 2. The van der Waals surface area contributed by atoms with Crippen molar-refractivity contribution in [2.24, 2.45) is 17.6 Å². The number of hydrogen-bond acceptors (Lipinski definition) is 3. The highest BCUT2D eigenvalue weighted by Crippen LogP contribution is 2.30. The summed E-state index contributed by atoms with van der Waals surface area (Å²) in [6, 6.07) is 0.220. The first-order valence-electron chi connectivity index (χ1n) is 7.61. The predicted octanol–water partition coefficient (Wildman–Crippen LogP) is 1.08. The van der Waals surface area contributed by atoms with Crippen molar-refractivity contribution in [3.63, 3.8) is 0 Å². The fourth-order valence-corrected chi connectivity index (χ4v) is 2.88. The lowest BCUT2D eigenvalue weighted by Crippen LogP contribution is -2.46. The zero-order chi connectivity index (χ0) is 15.3. The molecule has 0 aromatic carbocycles. The maximum absolute atomic E-state index is 12.7. The smallest absolute Gasteiger partial charge is 0.241 e. The number of nitrogens with two attached hydrogens (primary N) is 1. The van der Waals surface area contributed by atoms with E-state index in [0.29, 0.717) is 12.5 Å². The summed E-state index contributed by atoms with van der Waals surface area (Å²) in [5, 5.41) is 0. The molecule has 3 unspecified atom stereocenters. The molecule has 1 fully saturated rings. The zero-order valence-corrected chi connectivity index (χ0v) is 13.3. The van der Waals surface area contributed by atoms with E-state index in [-0.39, 0.29) is 30.3 Å². The van der Waals surface area contributed by atoms with Crippen molar-refractivity contribution in [1.82, 2.24) is 9.80 Å². The van der Waals surface area contributed by atoms with Crippen LogP contribution in [-0.4, -0.2) is 54.8 Å². The van der Waals surface area contributed by atoms with Gasteiger partial charge in [-0.2, -0.15) is 0 Å². The van der Waals surface area contributed by atoms with E-state index in [2.05, 4.69) is 6.92 Å². The van der Waals surface area contributed by atoms with E-state index in [1.54, 1.807) is 19.0 Å². The maximum Gasteiger partial charge on any atom is 0.241 e. The van der Waals surface area contributed by atoms with Crippen LogP contribution in [0.2, 0.25) is 0 Å². The molecule has 20 heavy (non-hydrogen) atoms. The van der Waals surface area contributed by atoms with Crippen LogP contribution >= 0.6 is 0 Å². The molecule has 1 saturated carbocycles. The largest absolute Gasteiger partial charge is 0.347 e. The van der Waals surface area contributed by atoms with E-state index in [4.69, 9.17) is 5.73 Å². The Morgan fingerprint density at radius 2 is 1.90 bits per heavy atom. The number of carbonyl (C=O) groups excluding carboxylic acids is 2. The quantitative estimate of drug-likeness (QED) is 0.821. The lowest BCUT2D eigenvalue weighted by atomic mass is 9.77.